The lowest BCUT2D eigenvalue weighted by atomic mass is 10.2. The maximum atomic E-state index is 10.9. The van der Waals surface area contributed by atoms with Crippen molar-refractivity contribution in [3.8, 4) is 11.5 Å². The van der Waals surface area contributed by atoms with Crippen LogP contribution in [0.5, 0.6) is 11.5 Å². The van der Waals surface area contributed by atoms with E-state index in [1.165, 1.54) is 19.4 Å². The van der Waals surface area contributed by atoms with Crippen LogP contribution < -0.4 is 10.2 Å². The van der Waals surface area contributed by atoms with Crippen molar-refractivity contribution in [2.24, 2.45) is 5.10 Å². The zero-order valence-electron chi connectivity index (χ0n) is 9.23. The molecule has 0 radical (unpaired) electrons. The van der Waals surface area contributed by atoms with Crippen molar-refractivity contribution in [2.75, 3.05) is 7.11 Å². The Morgan fingerprint density at radius 1 is 1.62 bits per heavy atom. The largest absolute Gasteiger partial charge is 0.504 e. The number of hydrogen-bond acceptors (Lipinski definition) is 4. The molecule has 5 heteroatoms. The second kappa shape index (κ2) is 5.75. The Morgan fingerprint density at radius 2 is 2.38 bits per heavy atom. The van der Waals surface area contributed by atoms with Crippen LogP contribution in [0.2, 0.25) is 0 Å². The van der Waals surface area contributed by atoms with Crippen LogP contribution in [0.3, 0.4) is 0 Å². The highest BCUT2D eigenvalue weighted by Gasteiger charge is 2.00. The zero-order chi connectivity index (χ0) is 12.0. The lowest BCUT2D eigenvalue weighted by Crippen LogP contribution is -2.15. The predicted molar refractivity (Wildman–Crippen MR) is 60.7 cm³/mol. The fourth-order valence-electron chi connectivity index (χ4n) is 1.03. The van der Waals surface area contributed by atoms with Crippen LogP contribution in [0.25, 0.3) is 0 Å². The summed E-state index contributed by atoms with van der Waals surface area (Å²) in [7, 11) is 1.47. The molecule has 16 heavy (non-hydrogen) atoms. The van der Waals surface area contributed by atoms with Crippen molar-refractivity contribution in [2.45, 2.75) is 13.3 Å². The molecule has 0 aliphatic carbocycles. The van der Waals surface area contributed by atoms with Crippen molar-refractivity contribution in [1.29, 1.82) is 0 Å². The molecule has 0 atom stereocenters. The first-order valence-electron chi connectivity index (χ1n) is 4.86. The monoisotopic (exact) mass is 222 g/mol. The van der Waals surface area contributed by atoms with Gasteiger partial charge in [0.05, 0.1) is 13.3 Å². The van der Waals surface area contributed by atoms with E-state index in [2.05, 4.69) is 10.5 Å². The number of hydrazone groups is 1. The van der Waals surface area contributed by atoms with E-state index in [1.807, 2.05) is 0 Å². The molecule has 0 aliphatic rings. The molecule has 0 heterocycles. The normalized spacial score (nSPS) is 10.4. The van der Waals surface area contributed by atoms with E-state index in [0.717, 1.165) is 5.56 Å². The van der Waals surface area contributed by atoms with E-state index < -0.39 is 0 Å². The predicted octanol–water partition coefficient (Wildman–Crippen LogP) is 1.26. The molecule has 1 rings (SSSR count). The number of aromatic hydroxyl groups is 1. The van der Waals surface area contributed by atoms with Crippen molar-refractivity contribution >= 4 is 12.1 Å². The SMILES string of the molecule is CCC(=O)N/N=C/c1ccc(O)c(OC)c1. The van der Waals surface area contributed by atoms with Gasteiger partial charge >= 0.3 is 0 Å². The van der Waals surface area contributed by atoms with Gasteiger partial charge in [-0.3, -0.25) is 4.79 Å². The van der Waals surface area contributed by atoms with Crippen molar-refractivity contribution < 1.29 is 14.6 Å². The highest BCUT2D eigenvalue weighted by Crippen LogP contribution is 2.25. The summed E-state index contributed by atoms with van der Waals surface area (Å²) in [4.78, 5) is 10.9. The average Bonchev–Trinajstić information content (AvgIpc) is 2.31. The third-order valence-electron chi connectivity index (χ3n) is 1.93. The summed E-state index contributed by atoms with van der Waals surface area (Å²) < 4.78 is 4.94. The van der Waals surface area contributed by atoms with Crippen molar-refractivity contribution in [3.05, 3.63) is 23.8 Å². The first-order chi connectivity index (χ1) is 7.67. The molecule has 2 N–H and O–H groups in total. The molecule has 1 amide bonds. The summed E-state index contributed by atoms with van der Waals surface area (Å²) in [5.74, 6) is 0.282. The Balaban J connectivity index is 2.70. The summed E-state index contributed by atoms with van der Waals surface area (Å²) in [6.45, 7) is 1.74. The fraction of sp³-hybridized carbons (Fsp3) is 0.273. The molecular formula is C11H14N2O3. The van der Waals surface area contributed by atoms with Crippen LogP contribution >= 0.6 is 0 Å². The molecule has 1 aromatic rings. The highest BCUT2D eigenvalue weighted by atomic mass is 16.5. The van der Waals surface area contributed by atoms with E-state index in [-0.39, 0.29) is 11.7 Å². The summed E-state index contributed by atoms with van der Waals surface area (Å²) >= 11 is 0. The molecule has 1 aromatic carbocycles. The molecule has 0 spiro atoms. The summed E-state index contributed by atoms with van der Waals surface area (Å²) in [6, 6.07) is 4.79. The minimum atomic E-state index is -0.151. The third-order valence-corrected chi connectivity index (χ3v) is 1.93. The van der Waals surface area contributed by atoms with Crippen molar-refractivity contribution in [1.82, 2.24) is 5.43 Å². The number of nitrogens with one attached hydrogen (secondary N) is 1. The van der Waals surface area contributed by atoms with Crippen LogP contribution in [0.15, 0.2) is 23.3 Å². The van der Waals surface area contributed by atoms with E-state index in [4.69, 9.17) is 4.74 Å². The lowest BCUT2D eigenvalue weighted by Gasteiger charge is -2.03. The number of rotatable bonds is 4. The first kappa shape index (κ1) is 12.0. The van der Waals surface area contributed by atoms with Gasteiger partial charge in [-0.25, -0.2) is 5.43 Å². The van der Waals surface area contributed by atoms with Crippen LogP contribution in [0, 0.1) is 0 Å². The van der Waals surface area contributed by atoms with Crippen LogP contribution in [0.4, 0.5) is 0 Å². The highest BCUT2D eigenvalue weighted by molar-refractivity contribution is 5.83. The van der Waals surface area contributed by atoms with Gasteiger partial charge < -0.3 is 9.84 Å². The Labute approximate surface area is 93.7 Å². The first-order valence-corrected chi connectivity index (χ1v) is 4.86. The number of benzene rings is 1. The van der Waals surface area contributed by atoms with E-state index in [0.29, 0.717) is 12.2 Å². The van der Waals surface area contributed by atoms with Gasteiger partial charge in [-0.1, -0.05) is 6.92 Å². The molecular weight excluding hydrogens is 208 g/mol. The second-order valence-corrected chi connectivity index (χ2v) is 3.08. The maximum absolute atomic E-state index is 10.9. The van der Waals surface area contributed by atoms with Crippen LogP contribution in [-0.4, -0.2) is 24.3 Å². The number of hydrogen-bond donors (Lipinski definition) is 2. The zero-order valence-corrected chi connectivity index (χ0v) is 9.23. The average molecular weight is 222 g/mol. The smallest absolute Gasteiger partial charge is 0.239 e. The van der Waals surface area contributed by atoms with E-state index in [9.17, 15) is 9.90 Å². The second-order valence-electron chi connectivity index (χ2n) is 3.08. The Morgan fingerprint density at radius 3 is 3.00 bits per heavy atom. The van der Waals surface area contributed by atoms with Crippen LogP contribution in [0.1, 0.15) is 18.9 Å². The topological polar surface area (TPSA) is 70.9 Å². The molecule has 0 fully saturated rings. The molecule has 0 bridgehead atoms. The van der Waals surface area contributed by atoms with Gasteiger partial charge in [-0.15, -0.1) is 0 Å². The minimum Gasteiger partial charge on any atom is -0.504 e. The van der Waals surface area contributed by atoms with Gasteiger partial charge in [0.25, 0.3) is 0 Å². The summed E-state index contributed by atoms with van der Waals surface area (Å²) in [6.07, 6.45) is 1.87. The Bertz CT molecular complexity index is 402. The van der Waals surface area contributed by atoms with Crippen molar-refractivity contribution in [3.63, 3.8) is 0 Å². The standard InChI is InChI=1S/C11H14N2O3/c1-3-11(15)13-12-7-8-4-5-9(14)10(6-8)16-2/h4-7,14H,3H2,1-2H3,(H,13,15)/b12-7+. The van der Waals surface area contributed by atoms with Gasteiger partial charge in [0.1, 0.15) is 0 Å². The number of carbonyl (C=O) groups excluding carboxylic acids is 1. The summed E-state index contributed by atoms with van der Waals surface area (Å²) in [5.41, 5.74) is 3.09. The van der Waals surface area contributed by atoms with E-state index in [1.54, 1.807) is 19.1 Å². The van der Waals surface area contributed by atoms with Gasteiger partial charge in [-0.2, -0.15) is 5.10 Å². The van der Waals surface area contributed by atoms with Gasteiger partial charge in [0.2, 0.25) is 5.91 Å². The molecule has 0 unspecified atom stereocenters. The molecule has 86 valence electrons. The minimum absolute atomic E-state index is 0.0669. The molecule has 0 saturated carbocycles. The van der Waals surface area contributed by atoms with Gasteiger partial charge in [0.15, 0.2) is 11.5 Å². The quantitative estimate of drug-likeness (QED) is 0.595. The number of nitrogens with zero attached hydrogens (tertiary/aromatic N) is 1. The van der Waals surface area contributed by atoms with Gasteiger partial charge in [0, 0.05) is 6.42 Å². The third kappa shape index (κ3) is 3.27. The number of phenolic OH excluding ortho intramolecular Hbond substituents is 1. The molecule has 5 nitrogen and oxygen atoms in total. The fourth-order valence-corrected chi connectivity index (χ4v) is 1.03. The molecule has 0 aliphatic heterocycles. The van der Waals surface area contributed by atoms with Crippen LogP contribution in [-0.2, 0) is 4.79 Å². The number of carbonyl (C=O) groups is 1. The summed E-state index contributed by atoms with van der Waals surface area (Å²) in [5, 5.41) is 13.1. The van der Waals surface area contributed by atoms with E-state index >= 15 is 0 Å². The molecule has 0 aromatic heterocycles. The number of ether oxygens (including phenoxy) is 1. The molecule has 0 saturated heterocycles. The Kier molecular flexibility index (Phi) is 4.32. The maximum Gasteiger partial charge on any atom is 0.239 e. The number of phenols is 1. The lowest BCUT2D eigenvalue weighted by molar-refractivity contribution is -0.120. The number of amides is 1. The van der Waals surface area contributed by atoms with Gasteiger partial charge in [-0.05, 0) is 23.8 Å². The number of methoxy groups -OCH3 is 1. The Hall–Kier alpha value is -2.04.